The molecule has 3 aliphatic rings. The number of hydrogen-bond acceptors (Lipinski definition) is 2. The van der Waals surface area contributed by atoms with Crippen LogP contribution in [0.15, 0.2) is 0 Å². The van der Waals surface area contributed by atoms with E-state index in [9.17, 15) is 0 Å². The standard InChI is InChI=1S/C19H35NO/c1-2-21-18-15-17(19(18)12-6-3-7-13-19)20-14-8-11-16-9-4-5-10-16/h16-18,20H,2-15H2,1H3. The molecule has 3 fully saturated rings. The zero-order chi connectivity index (χ0) is 14.5. The highest BCUT2D eigenvalue weighted by Gasteiger charge is 2.55. The maximum Gasteiger partial charge on any atom is 0.0661 e. The Balaban J connectivity index is 1.41. The molecule has 2 nitrogen and oxygen atoms in total. The van der Waals surface area contributed by atoms with Gasteiger partial charge in [-0.3, -0.25) is 0 Å². The minimum atomic E-state index is 0.502. The fraction of sp³-hybridized carbons (Fsp3) is 1.00. The molecule has 0 bridgehead atoms. The first kappa shape index (κ1) is 15.8. The largest absolute Gasteiger partial charge is 0.378 e. The predicted molar refractivity (Wildman–Crippen MR) is 88.5 cm³/mol. The number of rotatable bonds is 7. The first-order valence-corrected chi connectivity index (χ1v) is 9.70. The zero-order valence-corrected chi connectivity index (χ0v) is 14.0. The fourth-order valence-corrected chi connectivity index (χ4v) is 5.32. The van der Waals surface area contributed by atoms with Crippen LogP contribution < -0.4 is 5.32 Å². The van der Waals surface area contributed by atoms with Gasteiger partial charge in [0.05, 0.1) is 6.10 Å². The van der Waals surface area contributed by atoms with Gasteiger partial charge in [-0.2, -0.15) is 0 Å². The third-order valence-corrected chi connectivity index (χ3v) is 6.59. The molecule has 122 valence electrons. The van der Waals surface area contributed by atoms with E-state index >= 15 is 0 Å². The molecule has 0 aliphatic heterocycles. The number of ether oxygens (including phenoxy) is 1. The molecule has 3 rings (SSSR count). The monoisotopic (exact) mass is 293 g/mol. The van der Waals surface area contributed by atoms with Crippen LogP contribution in [0.3, 0.4) is 0 Å². The van der Waals surface area contributed by atoms with E-state index in [0.29, 0.717) is 11.5 Å². The van der Waals surface area contributed by atoms with Gasteiger partial charge in [-0.05, 0) is 51.5 Å². The maximum absolute atomic E-state index is 6.05. The highest BCUT2D eigenvalue weighted by molar-refractivity contribution is 5.08. The Hall–Kier alpha value is -0.0800. The van der Waals surface area contributed by atoms with Gasteiger partial charge in [-0.1, -0.05) is 44.9 Å². The van der Waals surface area contributed by atoms with Crippen LogP contribution in [0.4, 0.5) is 0 Å². The lowest BCUT2D eigenvalue weighted by Gasteiger charge is -2.58. The normalized spacial score (nSPS) is 32.4. The molecule has 0 amide bonds. The summed E-state index contributed by atoms with van der Waals surface area (Å²) in [5.41, 5.74) is 0.502. The van der Waals surface area contributed by atoms with Crippen molar-refractivity contribution in [2.45, 2.75) is 96.1 Å². The summed E-state index contributed by atoms with van der Waals surface area (Å²) in [6, 6.07) is 0.748. The van der Waals surface area contributed by atoms with Gasteiger partial charge in [-0.25, -0.2) is 0 Å². The van der Waals surface area contributed by atoms with E-state index < -0.39 is 0 Å². The van der Waals surface area contributed by atoms with Crippen LogP contribution in [0.25, 0.3) is 0 Å². The summed E-state index contributed by atoms with van der Waals surface area (Å²) < 4.78 is 6.05. The van der Waals surface area contributed by atoms with Crippen LogP contribution in [0, 0.1) is 11.3 Å². The minimum Gasteiger partial charge on any atom is -0.378 e. The Labute approximate surface area is 131 Å². The van der Waals surface area contributed by atoms with Gasteiger partial charge >= 0.3 is 0 Å². The van der Waals surface area contributed by atoms with E-state index in [2.05, 4.69) is 12.2 Å². The summed E-state index contributed by atoms with van der Waals surface area (Å²) in [5, 5.41) is 3.91. The van der Waals surface area contributed by atoms with Crippen LogP contribution in [0.5, 0.6) is 0 Å². The third kappa shape index (κ3) is 3.47. The predicted octanol–water partition coefficient (Wildman–Crippen LogP) is 4.67. The van der Waals surface area contributed by atoms with Crippen molar-refractivity contribution in [3.8, 4) is 0 Å². The average Bonchev–Trinajstić information content (AvgIpc) is 3.03. The van der Waals surface area contributed by atoms with Crippen LogP contribution in [0.2, 0.25) is 0 Å². The topological polar surface area (TPSA) is 21.3 Å². The van der Waals surface area contributed by atoms with Gasteiger partial charge in [0.1, 0.15) is 0 Å². The Bertz CT molecular complexity index is 305. The lowest BCUT2D eigenvalue weighted by atomic mass is 9.55. The fourth-order valence-electron chi connectivity index (χ4n) is 5.32. The van der Waals surface area contributed by atoms with Gasteiger partial charge in [0.2, 0.25) is 0 Å². The van der Waals surface area contributed by atoms with Gasteiger partial charge in [-0.15, -0.1) is 0 Å². The molecule has 3 saturated carbocycles. The molecule has 1 spiro atoms. The summed E-state index contributed by atoms with van der Waals surface area (Å²) in [7, 11) is 0. The molecule has 2 heteroatoms. The SMILES string of the molecule is CCOC1CC(NCCCC2CCCC2)C12CCCCC2. The van der Waals surface area contributed by atoms with Crippen molar-refractivity contribution in [2.75, 3.05) is 13.2 Å². The Morgan fingerprint density at radius 3 is 2.52 bits per heavy atom. The summed E-state index contributed by atoms with van der Waals surface area (Å²) in [4.78, 5) is 0. The first-order chi connectivity index (χ1) is 10.3. The third-order valence-electron chi connectivity index (χ3n) is 6.59. The molecule has 0 radical (unpaired) electrons. The van der Waals surface area contributed by atoms with Gasteiger partial charge in [0, 0.05) is 18.1 Å². The van der Waals surface area contributed by atoms with E-state index in [-0.39, 0.29) is 0 Å². The maximum atomic E-state index is 6.05. The van der Waals surface area contributed by atoms with Gasteiger partial charge in [0.15, 0.2) is 0 Å². The molecular formula is C19H35NO. The molecule has 0 saturated heterocycles. The highest BCUT2D eigenvalue weighted by Crippen LogP contribution is 2.53. The van der Waals surface area contributed by atoms with Crippen LogP contribution >= 0.6 is 0 Å². The molecule has 2 atom stereocenters. The van der Waals surface area contributed by atoms with Crippen molar-refractivity contribution >= 4 is 0 Å². The summed E-state index contributed by atoms with van der Waals surface area (Å²) in [6.45, 7) is 4.28. The smallest absolute Gasteiger partial charge is 0.0661 e. The molecule has 0 aromatic carbocycles. The molecule has 3 aliphatic carbocycles. The highest BCUT2D eigenvalue weighted by atomic mass is 16.5. The number of hydrogen-bond donors (Lipinski definition) is 1. The van der Waals surface area contributed by atoms with E-state index in [1.807, 2.05) is 0 Å². The second-order valence-corrected chi connectivity index (χ2v) is 7.77. The van der Waals surface area contributed by atoms with Gasteiger partial charge < -0.3 is 10.1 Å². The number of nitrogens with one attached hydrogen (secondary N) is 1. The van der Waals surface area contributed by atoms with E-state index in [0.717, 1.165) is 18.6 Å². The van der Waals surface area contributed by atoms with E-state index in [1.165, 1.54) is 83.6 Å². The van der Waals surface area contributed by atoms with E-state index in [4.69, 9.17) is 4.74 Å². The lowest BCUT2D eigenvalue weighted by molar-refractivity contribution is -0.149. The minimum absolute atomic E-state index is 0.502. The van der Waals surface area contributed by atoms with Crippen molar-refractivity contribution in [1.82, 2.24) is 5.32 Å². The molecule has 21 heavy (non-hydrogen) atoms. The second-order valence-electron chi connectivity index (χ2n) is 7.77. The Morgan fingerprint density at radius 2 is 1.81 bits per heavy atom. The molecule has 1 N–H and O–H groups in total. The van der Waals surface area contributed by atoms with Crippen LogP contribution in [-0.2, 0) is 4.74 Å². The van der Waals surface area contributed by atoms with Crippen molar-refractivity contribution in [3.63, 3.8) is 0 Å². The van der Waals surface area contributed by atoms with Crippen molar-refractivity contribution in [1.29, 1.82) is 0 Å². The molecule has 0 aromatic heterocycles. The summed E-state index contributed by atoms with van der Waals surface area (Å²) >= 11 is 0. The molecular weight excluding hydrogens is 258 g/mol. The van der Waals surface area contributed by atoms with E-state index in [1.54, 1.807) is 0 Å². The zero-order valence-electron chi connectivity index (χ0n) is 14.0. The Morgan fingerprint density at radius 1 is 1.05 bits per heavy atom. The van der Waals surface area contributed by atoms with Crippen LogP contribution in [0.1, 0.15) is 84.0 Å². The molecule has 2 unspecified atom stereocenters. The quantitative estimate of drug-likeness (QED) is 0.688. The van der Waals surface area contributed by atoms with Crippen LogP contribution in [-0.4, -0.2) is 25.3 Å². The first-order valence-electron chi connectivity index (χ1n) is 9.70. The molecule has 0 aromatic rings. The lowest BCUT2D eigenvalue weighted by Crippen LogP contribution is -2.64. The molecule has 0 heterocycles. The van der Waals surface area contributed by atoms with Crippen molar-refractivity contribution < 1.29 is 4.74 Å². The van der Waals surface area contributed by atoms with Crippen molar-refractivity contribution in [2.24, 2.45) is 11.3 Å². The summed E-state index contributed by atoms with van der Waals surface area (Å²) in [6.07, 6.45) is 17.7. The average molecular weight is 293 g/mol. The summed E-state index contributed by atoms with van der Waals surface area (Å²) in [5.74, 6) is 1.05. The second kappa shape index (κ2) is 7.46. The Kier molecular flexibility index (Phi) is 5.61. The van der Waals surface area contributed by atoms with Gasteiger partial charge in [0.25, 0.3) is 0 Å². The van der Waals surface area contributed by atoms with Crippen molar-refractivity contribution in [3.05, 3.63) is 0 Å².